The fraction of sp³-hybridized carbons (Fsp3) is 1.00. The predicted molar refractivity (Wildman–Crippen MR) is 81.8 cm³/mol. The molecule has 0 aromatic carbocycles. The molecule has 0 aliphatic carbocycles. The largest absolute Gasteiger partial charge is 0.370 e. The van der Waals surface area contributed by atoms with E-state index in [0.717, 1.165) is 19.5 Å². The molecule has 4 nitrogen and oxygen atoms in total. The predicted octanol–water partition coefficient (Wildman–Crippen LogP) is 2.16. The lowest BCUT2D eigenvalue weighted by Crippen LogP contribution is -2.69. The second kappa shape index (κ2) is 4.67. The Morgan fingerprint density at radius 3 is 2.10 bits per heavy atom. The fourth-order valence-electron chi connectivity index (χ4n) is 4.46. The molecule has 2 fully saturated rings. The minimum Gasteiger partial charge on any atom is -0.370 e. The zero-order valence-electron chi connectivity index (χ0n) is 14.2. The molecule has 0 aromatic heterocycles. The van der Waals surface area contributed by atoms with E-state index >= 15 is 0 Å². The van der Waals surface area contributed by atoms with Crippen LogP contribution in [0.15, 0.2) is 0 Å². The van der Waals surface area contributed by atoms with Crippen LogP contribution in [0, 0.1) is 0 Å². The molecule has 2 N–H and O–H groups in total. The number of ether oxygens (including phenoxy) is 2. The number of hydrogen-bond acceptors (Lipinski definition) is 4. The van der Waals surface area contributed by atoms with Gasteiger partial charge < -0.3 is 15.2 Å². The molecular formula is C16H32N2O2. The average molecular weight is 284 g/mol. The lowest BCUT2D eigenvalue weighted by atomic mass is 9.76. The van der Waals surface area contributed by atoms with Crippen molar-refractivity contribution in [2.45, 2.75) is 83.3 Å². The summed E-state index contributed by atoms with van der Waals surface area (Å²) in [6.07, 6.45) is 1.19. The number of hydrogen-bond donors (Lipinski definition) is 1. The molecule has 0 amide bonds. The monoisotopic (exact) mass is 284 g/mol. The first kappa shape index (κ1) is 16.2. The van der Waals surface area contributed by atoms with Gasteiger partial charge in [0.2, 0.25) is 0 Å². The van der Waals surface area contributed by atoms with Gasteiger partial charge in [-0.05, 0) is 54.9 Å². The van der Waals surface area contributed by atoms with Gasteiger partial charge in [-0.2, -0.15) is 0 Å². The molecule has 118 valence electrons. The van der Waals surface area contributed by atoms with Crippen molar-refractivity contribution in [3.8, 4) is 0 Å². The Bertz CT molecular complexity index is 379. The third-order valence-corrected chi connectivity index (χ3v) is 4.88. The number of nitrogens with zero attached hydrogens (tertiary/aromatic N) is 1. The van der Waals surface area contributed by atoms with Crippen molar-refractivity contribution in [3.63, 3.8) is 0 Å². The van der Waals surface area contributed by atoms with Crippen molar-refractivity contribution in [2.24, 2.45) is 5.73 Å². The smallest absolute Gasteiger partial charge is 0.0830 e. The van der Waals surface area contributed by atoms with E-state index in [1.165, 1.54) is 0 Å². The molecule has 0 spiro atoms. The van der Waals surface area contributed by atoms with Gasteiger partial charge in [0.05, 0.1) is 28.4 Å². The van der Waals surface area contributed by atoms with Gasteiger partial charge in [-0.15, -0.1) is 0 Å². The molecule has 0 saturated carbocycles. The van der Waals surface area contributed by atoms with E-state index in [2.05, 4.69) is 53.4 Å². The van der Waals surface area contributed by atoms with Crippen LogP contribution in [0.3, 0.4) is 0 Å². The van der Waals surface area contributed by atoms with Crippen molar-refractivity contribution in [3.05, 3.63) is 0 Å². The summed E-state index contributed by atoms with van der Waals surface area (Å²) in [5.74, 6) is 0. The maximum atomic E-state index is 6.34. The van der Waals surface area contributed by atoms with Gasteiger partial charge in [-0.1, -0.05) is 0 Å². The van der Waals surface area contributed by atoms with Gasteiger partial charge in [0, 0.05) is 19.6 Å². The maximum absolute atomic E-state index is 6.34. The minimum atomic E-state index is -0.252. The molecule has 2 atom stereocenters. The summed E-state index contributed by atoms with van der Waals surface area (Å²) in [5, 5.41) is 0. The van der Waals surface area contributed by atoms with E-state index in [0.29, 0.717) is 6.54 Å². The Balaban J connectivity index is 2.36. The molecule has 0 aromatic rings. The fourth-order valence-corrected chi connectivity index (χ4v) is 4.46. The highest BCUT2D eigenvalue weighted by molar-refractivity contribution is 5.14. The zero-order valence-corrected chi connectivity index (χ0v) is 14.2. The summed E-state index contributed by atoms with van der Waals surface area (Å²) in [5.41, 5.74) is 5.63. The Hall–Kier alpha value is -0.160. The van der Waals surface area contributed by atoms with Crippen LogP contribution in [0.4, 0.5) is 0 Å². The highest BCUT2D eigenvalue weighted by Crippen LogP contribution is 2.49. The third kappa shape index (κ3) is 2.63. The molecule has 2 rings (SSSR count). The van der Waals surface area contributed by atoms with Crippen LogP contribution in [0.25, 0.3) is 0 Å². The SMILES string of the molecule is CC1CN(C2(CN)CC(C)(C)OC2(C)C)CC(C)(C)O1. The van der Waals surface area contributed by atoms with E-state index < -0.39 is 0 Å². The lowest BCUT2D eigenvalue weighted by Gasteiger charge is -2.53. The number of nitrogens with two attached hydrogens (primary N) is 1. The topological polar surface area (TPSA) is 47.7 Å². The second-order valence-electron chi connectivity index (χ2n) is 8.35. The van der Waals surface area contributed by atoms with Gasteiger partial charge >= 0.3 is 0 Å². The Morgan fingerprint density at radius 2 is 1.70 bits per heavy atom. The average Bonchev–Trinajstić information content (AvgIpc) is 2.40. The molecule has 2 heterocycles. The van der Waals surface area contributed by atoms with E-state index in [-0.39, 0.29) is 28.4 Å². The van der Waals surface area contributed by atoms with Crippen molar-refractivity contribution in [2.75, 3.05) is 19.6 Å². The first-order chi connectivity index (χ1) is 8.93. The molecule has 2 aliphatic rings. The maximum Gasteiger partial charge on any atom is 0.0830 e. The summed E-state index contributed by atoms with van der Waals surface area (Å²) >= 11 is 0. The normalized spacial score (nSPS) is 39.9. The first-order valence-corrected chi connectivity index (χ1v) is 7.76. The molecule has 2 aliphatic heterocycles. The van der Waals surface area contributed by atoms with Gasteiger partial charge in [0.15, 0.2) is 0 Å². The molecule has 4 heteroatoms. The molecule has 2 unspecified atom stereocenters. The van der Waals surface area contributed by atoms with Crippen molar-refractivity contribution in [1.82, 2.24) is 4.90 Å². The molecule has 2 saturated heterocycles. The first-order valence-electron chi connectivity index (χ1n) is 7.76. The van der Waals surface area contributed by atoms with Crippen LogP contribution in [0.5, 0.6) is 0 Å². The van der Waals surface area contributed by atoms with Crippen LogP contribution in [0.1, 0.15) is 54.9 Å². The zero-order chi connectivity index (χ0) is 15.4. The summed E-state index contributed by atoms with van der Waals surface area (Å²) in [4.78, 5) is 2.52. The summed E-state index contributed by atoms with van der Waals surface area (Å²) in [7, 11) is 0. The molecule has 0 radical (unpaired) electrons. The number of morpholine rings is 1. The minimum absolute atomic E-state index is 0.119. The Labute approximate surface area is 124 Å². The van der Waals surface area contributed by atoms with Crippen LogP contribution in [-0.4, -0.2) is 53.0 Å². The molecule has 0 bridgehead atoms. The summed E-state index contributed by atoms with van der Waals surface area (Å²) < 4.78 is 12.4. The van der Waals surface area contributed by atoms with Gasteiger partial charge in [-0.3, -0.25) is 4.90 Å². The van der Waals surface area contributed by atoms with Crippen molar-refractivity contribution >= 4 is 0 Å². The van der Waals surface area contributed by atoms with E-state index in [1.54, 1.807) is 0 Å². The van der Waals surface area contributed by atoms with Gasteiger partial charge in [0.25, 0.3) is 0 Å². The summed E-state index contributed by atoms with van der Waals surface area (Å²) in [6.45, 7) is 17.6. The van der Waals surface area contributed by atoms with E-state index in [9.17, 15) is 0 Å². The van der Waals surface area contributed by atoms with Crippen molar-refractivity contribution in [1.29, 1.82) is 0 Å². The van der Waals surface area contributed by atoms with Crippen LogP contribution in [0.2, 0.25) is 0 Å². The van der Waals surface area contributed by atoms with E-state index in [4.69, 9.17) is 15.2 Å². The standard InChI is InChI=1S/C16H32N2O2/c1-12-8-18(11-14(4,5)19-12)16(10-17)9-13(2,3)20-15(16,6)7/h12H,8-11,17H2,1-7H3. The lowest BCUT2D eigenvalue weighted by molar-refractivity contribution is -0.175. The van der Waals surface area contributed by atoms with Gasteiger partial charge in [0.1, 0.15) is 0 Å². The highest BCUT2D eigenvalue weighted by Gasteiger charge is 2.60. The summed E-state index contributed by atoms with van der Waals surface area (Å²) in [6, 6.07) is 0. The molecule has 20 heavy (non-hydrogen) atoms. The highest BCUT2D eigenvalue weighted by atomic mass is 16.5. The van der Waals surface area contributed by atoms with Crippen LogP contribution >= 0.6 is 0 Å². The van der Waals surface area contributed by atoms with Crippen LogP contribution in [-0.2, 0) is 9.47 Å². The third-order valence-electron chi connectivity index (χ3n) is 4.88. The molecular weight excluding hydrogens is 252 g/mol. The van der Waals surface area contributed by atoms with Gasteiger partial charge in [-0.25, -0.2) is 0 Å². The van der Waals surface area contributed by atoms with E-state index in [1.807, 2.05) is 0 Å². The Morgan fingerprint density at radius 1 is 1.10 bits per heavy atom. The second-order valence-corrected chi connectivity index (χ2v) is 8.35. The van der Waals surface area contributed by atoms with Crippen molar-refractivity contribution < 1.29 is 9.47 Å². The number of rotatable bonds is 2. The van der Waals surface area contributed by atoms with Crippen LogP contribution < -0.4 is 5.73 Å². The quantitative estimate of drug-likeness (QED) is 0.844. The Kier molecular flexibility index (Phi) is 3.78.